The fourth-order valence-corrected chi connectivity index (χ4v) is 9.07. The van der Waals surface area contributed by atoms with Crippen LogP contribution in [-0.4, -0.2) is 34.3 Å². The Kier molecular flexibility index (Phi) is 7.35. The van der Waals surface area contributed by atoms with Gasteiger partial charge in [-0.05, 0) is 74.1 Å². The predicted octanol–water partition coefficient (Wildman–Crippen LogP) is 6.03. The Labute approximate surface area is 238 Å². The third-order valence-electron chi connectivity index (χ3n) is 7.46. The number of ether oxygens (including phenoxy) is 1. The van der Waals surface area contributed by atoms with Crippen molar-refractivity contribution in [2.24, 2.45) is 5.92 Å². The monoisotopic (exact) mass is 579 g/mol. The van der Waals surface area contributed by atoms with Crippen molar-refractivity contribution in [1.82, 2.24) is 9.55 Å². The van der Waals surface area contributed by atoms with Crippen molar-refractivity contribution in [1.29, 1.82) is 0 Å². The minimum atomic E-state index is -0.420. The number of carbonyl (C=O) groups is 2. The Morgan fingerprint density at radius 1 is 1.10 bits per heavy atom. The third-order valence-corrected chi connectivity index (χ3v) is 10.8. The van der Waals surface area contributed by atoms with Crippen LogP contribution in [0.15, 0.2) is 40.3 Å². The molecule has 3 aromatic heterocycles. The van der Waals surface area contributed by atoms with Crippen molar-refractivity contribution in [3.8, 4) is 5.69 Å². The van der Waals surface area contributed by atoms with Crippen LogP contribution in [0.25, 0.3) is 15.9 Å². The Bertz CT molecular complexity index is 1640. The highest BCUT2D eigenvalue weighted by Crippen LogP contribution is 2.40. The minimum absolute atomic E-state index is 0.0510. The average molecular weight is 580 g/mol. The van der Waals surface area contributed by atoms with Gasteiger partial charge in [-0.3, -0.25) is 14.2 Å². The summed E-state index contributed by atoms with van der Waals surface area (Å²) >= 11 is 4.31. The minimum Gasteiger partial charge on any atom is -0.465 e. The maximum Gasteiger partial charge on any atom is 0.341 e. The number of hydrogen-bond donors (Lipinski definition) is 1. The number of rotatable bonds is 6. The van der Waals surface area contributed by atoms with E-state index in [4.69, 9.17) is 9.72 Å². The number of fused-ring (bicyclic) bond motifs is 4. The lowest BCUT2D eigenvalue weighted by molar-refractivity contribution is -0.113. The summed E-state index contributed by atoms with van der Waals surface area (Å²) in [5.74, 6) is -0.0811. The number of aryl methyl sites for hydroxylation is 2. The van der Waals surface area contributed by atoms with Gasteiger partial charge in [0.15, 0.2) is 5.16 Å². The smallest absolute Gasteiger partial charge is 0.341 e. The van der Waals surface area contributed by atoms with E-state index in [9.17, 15) is 14.4 Å². The zero-order valence-electron chi connectivity index (χ0n) is 21.9. The van der Waals surface area contributed by atoms with Crippen LogP contribution in [-0.2, 0) is 35.2 Å². The molecular weight excluding hydrogens is 551 g/mol. The lowest BCUT2D eigenvalue weighted by Crippen LogP contribution is -2.23. The Hall–Kier alpha value is -2.95. The number of benzene rings is 1. The molecule has 2 aliphatic rings. The van der Waals surface area contributed by atoms with Gasteiger partial charge < -0.3 is 10.1 Å². The summed E-state index contributed by atoms with van der Waals surface area (Å²) in [6.07, 6.45) is 6.81. The molecule has 0 spiro atoms. The Morgan fingerprint density at radius 3 is 2.69 bits per heavy atom. The van der Waals surface area contributed by atoms with Gasteiger partial charge in [0.1, 0.15) is 9.83 Å². The predicted molar refractivity (Wildman–Crippen MR) is 158 cm³/mol. The van der Waals surface area contributed by atoms with E-state index in [1.54, 1.807) is 15.9 Å². The highest BCUT2D eigenvalue weighted by molar-refractivity contribution is 7.99. The first-order chi connectivity index (χ1) is 18.9. The number of nitrogens with zero attached hydrogens (tertiary/aromatic N) is 2. The van der Waals surface area contributed by atoms with E-state index in [-0.39, 0.29) is 17.2 Å². The number of nitrogens with one attached hydrogen (secondary N) is 1. The molecule has 0 saturated heterocycles. The average Bonchev–Trinajstić information content (AvgIpc) is 3.49. The lowest BCUT2D eigenvalue weighted by atomic mass is 9.88. The number of anilines is 1. The van der Waals surface area contributed by atoms with Gasteiger partial charge in [0.05, 0.1) is 29.5 Å². The summed E-state index contributed by atoms with van der Waals surface area (Å²) in [5, 5.41) is 4.71. The van der Waals surface area contributed by atoms with E-state index < -0.39 is 5.97 Å². The van der Waals surface area contributed by atoms with E-state index in [0.29, 0.717) is 27.0 Å². The number of aromatic nitrogens is 2. The largest absolute Gasteiger partial charge is 0.465 e. The maximum atomic E-state index is 13.9. The van der Waals surface area contributed by atoms with Crippen molar-refractivity contribution in [3.63, 3.8) is 0 Å². The topological polar surface area (TPSA) is 90.3 Å². The van der Waals surface area contributed by atoms with Crippen molar-refractivity contribution in [2.45, 2.75) is 57.0 Å². The second-order valence-electron chi connectivity index (χ2n) is 10.1. The molecule has 0 bridgehead atoms. The van der Waals surface area contributed by atoms with Gasteiger partial charge >= 0.3 is 5.97 Å². The van der Waals surface area contributed by atoms with Crippen LogP contribution in [0.5, 0.6) is 0 Å². The molecule has 1 aromatic carbocycles. The normalized spacial score (nSPS) is 16.5. The van der Waals surface area contributed by atoms with Crippen molar-refractivity contribution in [2.75, 3.05) is 18.2 Å². The van der Waals surface area contributed by atoms with Crippen molar-refractivity contribution in [3.05, 3.63) is 67.1 Å². The molecule has 1 atom stereocenters. The highest BCUT2D eigenvalue weighted by Gasteiger charge is 2.29. The summed E-state index contributed by atoms with van der Waals surface area (Å²) in [7, 11) is 1.37. The van der Waals surface area contributed by atoms with Crippen molar-refractivity contribution >= 4 is 61.5 Å². The SMILES string of the molecule is COC(=O)c1c(NC(=O)CSc2nc3sc4c(c3c(=O)n2-c2ccccc2)CCCC4)sc2c1CCC(C)C2. The summed E-state index contributed by atoms with van der Waals surface area (Å²) in [5.41, 5.74) is 3.27. The van der Waals surface area contributed by atoms with Gasteiger partial charge in [0.25, 0.3) is 5.56 Å². The molecule has 10 heteroatoms. The molecule has 1 N–H and O–H groups in total. The second kappa shape index (κ2) is 10.9. The zero-order valence-corrected chi connectivity index (χ0v) is 24.3. The standard InChI is InChI=1S/C29H29N3O4S3/c1-16-12-13-19-21(14-16)39-26(24(19)28(35)36-2)30-22(33)15-37-29-31-25-23(18-10-6-7-11-20(18)38-25)27(34)32(29)17-8-4-3-5-9-17/h3-5,8-9,16H,6-7,10-15H2,1-2H3,(H,30,33). The molecule has 6 rings (SSSR count). The summed E-state index contributed by atoms with van der Waals surface area (Å²) in [6.45, 7) is 2.20. The third kappa shape index (κ3) is 4.94. The first-order valence-electron chi connectivity index (χ1n) is 13.2. The summed E-state index contributed by atoms with van der Waals surface area (Å²) in [4.78, 5) is 47.8. The van der Waals surface area contributed by atoms with Crippen LogP contribution in [0, 0.1) is 5.92 Å². The summed E-state index contributed by atoms with van der Waals surface area (Å²) < 4.78 is 6.69. The second-order valence-corrected chi connectivity index (χ2v) is 13.3. The molecule has 4 aromatic rings. The molecule has 202 valence electrons. The van der Waals surface area contributed by atoms with E-state index in [0.717, 1.165) is 71.5 Å². The maximum absolute atomic E-state index is 13.9. The van der Waals surface area contributed by atoms with Gasteiger partial charge in [-0.25, -0.2) is 9.78 Å². The molecule has 1 unspecified atom stereocenters. The number of esters is 1. The molecular formula is C29H29N3O4S3. The number of thiophene rings is 2. The van der Waals surface area contributed by atoms with Crippen LogP contribution >= 0.6 is 34.4 Å². The number of methoxy groups -OCH3 is 1. The van der Waals surface area contributed by atoms with Gasteiger partial charge in [-0.1, -0.05) is 36.9 Å². The van der Waals surface area contributed by atoms with Gasteiger partial charge in [0, 0.05) is 9.75 Å². The summed E-state index contributed by atoms with van der Waals surface area (Å²) in [6, 6.07) is 9.47. The molecule has 7 nitrogen and oxygen atoms in total. The number of thioether (sulfide) groups is 1. The lowest BCUT2D eigenvalue weighted by Gasteiger charge is -2.18. The number of hydrogen-bond acceptors (Lipinski definition) is 8. The van der Waals surface area contributed by atoms with Crippen LogP contribution < -0.4 is 10.9 Å². The Balaban J connectivity index is 1.32. The first kappa shape index (κ1) is 26.3. The number of amides is 1. The van der Waals surface area contributed by atoms with Crippen LogP contribution in [0.2, 0.25) is 0 Å². The molecule has 2 aliphatic carbocycles. The van der Waals surface area contributed by atoms with E-state index in [2.05, 4.69) is 12.2 Å². The molecule has 3 heterocycles. The number of carbonyl (C=O) groups excluding carboxylic acids is 2. The molecule has 1 amide bonds. The fraction of sp³-hybridized carbons (Fsp3) is 0.379. The fourth-order valence-electron chi connectivity index (χ4n) is 5.54. The van der Waals surface area contributed by atoms with E-state index >= 15 is 0 Å². The Morgan fingerprint density at radius 2 is 1.90 bits per heavy atom. The quantitative estimate of drug-likeness (QED) is 0.170. The molecule has 39 heavy (non-hydrogen) atoms. The zero-order chi connectivity index (χ0) is 27.1. The van der Waals surface area contributed by atoms with Gasteiger partial charge in [-0.15, -0.1) is 22.7 Å². The molecule has 0 radical (unpaired) electrons. The highest BCUT2D eigenvalue weighted by atomic mass is 32.2. The van der Waals surface area contributed by atoms with Gasteiger partial charge in [-0.2, -0.15) is 0 Å². The van der Waals surface area contributed by atoms with E-state index in [1.165, 1.54) is 35.1 Å². The number of para-hydroxylation sites is 1. The van der Waals surface area contributed by atoms with Gasteiger partial charge in [0.2, 0.25) is 5.91 Å². The molecule has 0 aliphatic heterocycles. The van der Waals surface area contributed by atoms with Crippen molar-refractivity contribution < 1.29 is 14.3 Å². The first-order valence-corrected chi connectivity index (χ1v) is 15.8. The van der Waals surface area contributed by atoms with Crippen LogP contribution in [0.4, 0.5) is 5.00 Å². The van der Waals surface area contributed by atoms with E-state index in [1.807, 2.05) is 30.3 Å². The molecule has 0 fully saturated rings. The molecule has 0 saturated carbocycles. The van der Waals surface area contributed by atoms with Crippen LogP contribution in [0.1, 0.15) is 57.4 Å². The van der Waals surface area contributed by atoms with Crippen LogP contribution in [0.3, 0.4) is 0 Å².